The Morgan fingerprint density at radius 3 is 1.80 bits per heavy atom. The molecule has 0 bridgehead atoms. The zero-order valence-electron chi connectivity index (χ0n) is 9.67. The third kappa shape index (κ3) is 2.83. The second kappa shape index (κ2) is 4.28. The zero-order valence-corrected chi connectivity index (χ0v) is 10.4. The van der Waals surface area contributed by atoms with Crippen LogP contribution in [0.25, 0.3) is 0 Å². The fraction of sp³-hybridized carbons (Fsp3) is 0.900. The van der Waals surface area contributed by atoms with Crippen LogP contribution in [0.2, 0.25) is 0 Å². The fourth-order valence-corrected chi connectivity index (χ4v) is 2.59. The number of rotatable bonds is 1. The van der Waals surface area contributed by atoms with Crippen LogP contribution < -0.4 is 17.5 Å². The first-order chi connectivity index (χ1) is 6.17. The molecular formula is C10H20ClNO3. The molecule has 3 N–H and O–H groups in total. The molecule has 0 aromatic rings. The first-order valence-electron chi connectivity index (χ1n) is 4.96. The number of hydrogen-bond donors (Lipinski definition) is 3. The van der Waals surface area contributed by atoms with Gasteiger partial charge in [-0.25, -0.2) is 5.21 Å². The van der Waals surface area contributed by atoms with E-state index >= 15 is 0 Å². The summed E-state index contributed by atoms with van der Waals surface area (Å²) in [5.41, 5.74) is -0.768. The Bertz CT molecular complexity index is 235. The van der Waals surface area contributed by atoms with E-state index in [2.05, 4.69) is 0 Å². The minimum Gasteiger partial charge on any atom is -1.00 e. The van der Waals surface area contributed by atoms with Crippen molar-refractivity contribution in [2.45, 2.75) is 51.6 Å². The molecule has 1 aliphatic heterocycles. The van der Waals surface area contributed by atoms with Crippen molar-refractivity contribution in [3.8, 4) is 0 Å². The molecule has 15 heavy (non-hydrogen) atoms. The predicted molar refractivity (Wildman–Crippen MR) is 51.3 cm³/mol. The van der Waals surface area contributed by atoms with Crippen molar-refractivity contribution in [3.63, 3.8) is 0 Å². The molecule has 0 saturated carbocycles. The minimum atomic E-state index is -0.751. The summed E-state index contributed by atoms with van der Waals surface area (Å²) in [6.07, 6.45) is 1.05. The highest BCUT2D eigenvalue weighted by molar-refractivity contribution is 5.70. The first kappa shape index (κ1) is 14.7. The Balaban J connectivity index is 0.00000196. The number of halogens is 1. The van der Waals surface area contributed by atoms with Crippen LogP contribution >= 0.6 is 0 Å². The standard InChI is InChI=1S/C10H19NO3.ClH/c1-9(2)5-7(8(12)13)6-10(3,4)11(9)14;/h7,14H,5-6H2,1-4H3,(H,12,13);1H. The number of carboxylic acid groups (broad SMARTS) is 1. The topological polar surface area (TPSA) is 62.0 Å². The second-order valence-corrected chi connectivity index (χ2v) is 5.56. The van der Waals surface area contributed by atoms with Crippen LogP contribution in [0.15, 0.2) is 0 Å². The third-order valence-corrected chi connectivity index (χ3v) is 3.14. The summed E-state index contributed by atoms with van der Waals surface area (Å²) in [5.74, 6) is -1.09. The Kier molecular flexibility index (Phi) is 4.18. The van der Waals surface area contributed by atoms with Gasteiger partial charge < -0.3 is 17.5 Å². The molecule has 0 aromatic heterocycles. The molecule has 0 spiro atoms. The van der Waals surface area contributed by atoms with Gasteiger partial charge in [0.15, 0.2) is 0 Å². The summed E-state index contributed by atoms with van der Waals surface area (Å²) in [4.78, 5) is 10.9. The van der Waals surface area contributed by atoms with Crippen molar-refractivity contribution in [2.75, 3.05) is 0 Å². The van der Waals surface area contributed by atoms with Crippen molar-refractivity contribution >= 4 is 5.97 Å². The van der Waals surface area contributed by atoms with Crippen molar-refractivity contribution in [1.82, 2.24) is 0 Å². The molecule has 0 atom stereocenters. The maximum absolute atomic E-state index is 10.9. The lowest BCUT2D eigenvalue weighted by molar-refractivity contribution is -1.16. The van der Waals surface area contributed by atoms with Gasteiger partial charge in [0, 0.05) is 12.8 Å². The number of quaternary nitrogens is 1. The van der Waals surface area contributed by atoms with Crippen LogP contribution in [0.3, 0.4) is 0 Å². The van der Waals surface area contributed by atoms with Crippen molar-refractivity contribution < 1.29 is 32.6 Å². The Morgan fingerprint density at radius 2 is 1.53 bits per heavy atom. The van der Waals surface area contributed by atoms with Gasteiger partial charge in [-0.2, -0.15) is 5.06 Å². The van der Waals surface area contributed by atoms with E-state index in [4.69, 9.17) is 5.11 Å². The van der Waals surface area contributed by atoms with E-state index in [9.17, 15) is 10.0 Å². The Hall–Kier alpha value is -0.320. The van der Waals surface area contributed by atoms with Crippen LogP contribution in [0, 0.1) is 5.92 Å². The van der Waals surface area contributed by atoms with Crippen LogP contribution in [0.4, 0.5) is 0 Å². The predicted octanol–water partition coefficient (Wildman–Crippen LogP) is -2.68. The number of piperidine rings is 1. The Morgan fingerprint density at radius 1 is 1.20 bits per heavy atom. The molecule has 1 rings (SSSR count). The molecule has 0 amide bonds. The molecule has 1 aliphatic rings. The molecular weight excluding hydrogens is 218 g/mol. The summed E-state index contributed by atoms with van der Waals surface area (Å²) < 4.78 is 0. The second-order valence-electron chi connectivity index (χ2n) is 5.56. The minimum absolute atomic E-state index is 0. The Labute approximate surface area is 96.6 Å². The summed E-state index contributed by atoms with van der Waals surface area (Å²) in [7, 11) is 0. The average molecular weight is 238 g/mol. The van der Waals surface area contributed by atoms with Crippen molar-refractivity contribution in [2.24, 2.45) is 5.92 Å². The summed E-state index contributed by atoms with van der Waals surface area (Å²) >= 11 is 0. The van der Waals surface area contributed by atoms with Gasteiger partial charge in [-0.05, 0) is 27.7 Å². The van der Waals surface area contributed by atoms with E-state index in [1.807, 2.05) is 27.7 Å². The maximum Gasteiger partial charge on any atom is 0.307 e. The lowest BCUT2D eigenvalue weighted by atomic mass is 9.75. The quantitative estimate of drug-likeness (QED) is 0.466. The first-order valence-corrected chi connectivity index (χ1v) is 4.96. The highest BCUT2D eigenvalue weighted by atomic mass is 35.5. The van der Waals surface area contributed by atoms with E-state index in [1.54, 1.807) is 0 Å². The van der Waals surface area contributed by atoms with Crippen LogP contribution in [-0.4, -0.2) is 27.4 Å². The van der Waals surface area contributed by atoms with Crippen LogP contribution in [0.1, 0.15) is 40.5 Å². The van der Waals surface area contributed by atoms with Crippen LogP contribution in [-0.2, 0) is 4.79 Å². The molecule has 0 radical (unpaired) electrons. The van der Waals surface area contributed by atoms with Gasteiger partial charge in [-0.3, -0.25) is 4.79 Å². The lowest BCUT2D eigenvalue weighted by Crippen LogP contribution is -3.25. The van der Waals surface area contributed by atoms with Gasteiger partial charge >= 0.3 is 5.97 Å². The van der Waals surface area contributed by atoms with E-state index in [0.717, 1.165) is 0 Å². The number of carbonyl (C=O) groups is 1. The molecule has 4 nitrogen and oxygen atoms in total. The highest BCUT2D eigenvalue weighted by Gasteiger charge is 2.51. The summed E-state index contributed by atoms with van der Waals surface area (Å²) in [6, 6.07) is 0. The number of carboxylic acids is 1. The summed E-state index contributed by atoms with van der Waals surface area (Å²) in [5, 5.41) is 19.4. The van der Waals surface area contributed by atoms with Gasteiger partial charge in [0.25, 0.3) is 0 Å². The van der Waals surface area contributed by atoms with Crippen molar-refractivity contribution in [3.05, 3.63) is 0 Å². The van der Waals surface area contributed by atoms with E-state index in [-0.39, 0.29) is 29.4 Å². The number of nitrogens with one attached hydrogen (secondary N) is 1. The molecule has 0 aliphatic carbocycles. The highest BCUT2D eigenvalue weighted by Crippen LogP contribution is 2.28. The smallest absolute Gasteiger partial charge is 0.307 e. The van der Waals surface area contributed by atoms with E-state index in [1.165, 1.54) is 0 Å². The normalized spacial score (nSPS) is 32.9. The zero-order chi connectivity index (χ0) is 11.1. The monoisotopic (exact) mass is 237 g/mol. The molecule has 0 unspecified atom stereocenters. The van der Waals surface area contributed by atoms with Gasteiger partial charge in [0.2, 0.25) is 0 Å². The molecule has 1 fully saturated rings. The summed E-state index contributed by atoms with van der Waals surface area (Å²) in [6.45, 7) is 7.61. The number of hydroxylamine groups is 2. The number of aliphatic carboxylic acids is 1. The SMILES string of the molecule is CC1(C)CC(C(=O)O)CC(C)(C)[NH+]1O.[Cl-]. The third-order valence-electron chi connectivity index (χ3n) is 3.14. The molecule has 90 valence electrons. The number of hydrogen-bond acceptors (Lipinski definition) is 2. The van der Waals surface area contributed by atoms with E-state index < -0.39 is 5.97 Å². The van der Waals surface area contributed by atoms with Gasteiger partial charge in [-0.15, -0.1) is 0 Å². The molecule has 1 saturated heterocycles. The van der Waals surface area contributed by atoms with E-state index in [0.29, 0.717) is 17.9 Å². The molecule has 1 heterocycles. The fourth-order valence-electron chi connectivity index (χ4n) is 2.59. The van der Waals surface area contributed by atoms with Gasteiger partial charge in [0.05, 0.1) is 5.92 Å². The molecule has 0 aromatic carbocycles. The average Bonchev–Trinajstić information content (AvgIpc) is 1.98. The lowest BCUT2D eigenvalue weighted by Gasteiger charge is -2.46. The van der Waals surface area contributed by atoms with Gasteiger partial charge in [-0.1, -0.05) is 0 Å². The molecule has 5 heteroatoms. The van der Waals surface area contributed by atoms with Crippen molar-refractivity contribution in [1.29, 1.82) is 0 Å². The largest absolute Gasteiger partial charge is 1.00 e. The van der Waals surface area contributed by atoms with Crippen LogP contribution in [0.5, 0.6) is 0 Å². The van der Waals surface area contributed by atoms with Gasteiger partial charge in [0.1, 0.15) is 11.1 Å². The maximum atomic E-state index is 10.9.